The zero-order valence-electron chi connectivity index (χ0n) is 8.71. The maximum Gasteiger partial charge on any atom is 0.266 e. The minimum atomic E-state index is -0.0906. The summed E-state index contributed by atoms with van der Waals surface area (Å²) in [5.74, 6) is 1.70. The molecule has 0 aliphatic carbocycles. The highest BCUT2D eigenvalue weighted by Gasteiger charge is 2.10. The lowest BCUT2D eigenvalue weighted by atomic mass is 10.2. The van der Waals surface area contributed by atoms with Gasteiger partial charge in [0.2, 0.25) is 0 Å². The molecule has 0 aliphatic rings. The van der Waals surface area contributed by atoms with Gasteiger partial charge in [-0.3, -0.25) is 4.79 Å². The van der Waals surface area contributed by atoms with Crippen LogP contribution in [0.15, 0.2) is 11.1 Å². The van der Waals surface area contributed by atoms with Crippen LogP contribution in [0.3, 0.4) is 0 Å². The van der Waals surface area contributed by atoms with Gasteiger partial charge in [0.15, 0.2) is 0 Å². The number of anilines is 1. The molecular formula is C9H14IN3OS. The van der Waals surface area contributed by atoms with E-state index in [4.69, 9.17) is 0 Å². The molecule has 0 saturated heterocycles. The topological polar surface area (TPSA) is 57.8 Å². The Morgan fingerprint density at radius 3 is 3.07 bits per heavy atom. The number of aromatic amines is 1. The maximum atomic E-state index is 11.3. The molecule has 1 rings (SSSR count). The maximum absolute atomic E-state index is 11.3. The Morgan fingerprint density at radius 1 is 1.73 bits per heavy atom. The van der Waals surface area contributed by atoms with Crippen molar-refractivity contribution in [2.24, 2.45) is 0 Å². The molecule has 0 aliphatic heterocycles. The highest BCUT2D eigenvalue weighted by molar-refractivity contribution is 14.1. The SMILES string of the molecule is CCC(CSC)Nc1nc[nH]c(=O)c1I. The van der Waals surface area contributed by atoms with Crippen LogP contribution in [0.25, 0.3) is 0 Å². The van der Waals surface area contributed by atoms with Crippen molar-refractivity contribution in [1.29, 1.82) is 0 Å². The van der Waals surface area contributed by atoms with Crippen molar-refractivity contribution in [1.82, 2.24) is 9.97 Å². The molecule has 1 aromatic rings. The molecule has 1 unspecified atom stereocenters. The normalized spacial score (nSPS) is 12.5. The van der Waals surface area contributed by atoms with Crippen molar-refractivity contribution in [3.8, 4) is 0 Å². The Morgan fingerprint density at radius 2 is 2.47 bits per heavy atom. The molecule has 0 amide bonds. The number of nitrogens with one attached hydrogen (secondary N) is 2. The first-order valence-electron chi connectivity index (χ1n) is 4.67. The number of thioether (sulfide) groups is 1. The number of hydrogen-bond donors (Lipinski definition) is 2. The largest absolute Gasteiger partial charge is 0.365 e. The predicted molar refractivity (Wildman–Crippen MR) is 73.7 cm³/mol. The summed E-state index contributed by atoms with van der Waals surface area (Å²) in [7, 11) is 0. The number of nitrogens with zero attached hydrogens (tertiary/aromatic N) is 1. The zero-order chi connectivity index (χ0) is 11.3. The van der Waals surface area contributed by atoms with Gasteiger partial charge in [-0.1, -0.05) is 6.92 Å². The van der Waals surface area contributed by atoms with Crippen LogP contribution in [0.5, 0.6) is 0 Å². The Labute approximate surface area is 107 Å². The van der Waals surface area contributed by atoms with Gasteiger partial charge in [0.05, 0.1) is 6.33 Å². The van der Waals surface area contributed by atoms with Gasteiger partial charge in [-0.25, -0.2) is 4.98 Å². The Kier molecular flexibility index (Phi) is 5.44. The average Bonchev–Trinajstić information content (AvgIpc) is 2.24. The Bertz CT molecular complexity index is 369. The fourth-order valence-corrected chi connectivity index (χ4v) is 2.31. The molecule has 0 saturated carbocycles. The highest BCUT2D eigenvalue weighted by Crippen LogP contribution is 2.13. The lowest BCUT2D eigenvalue weighted by molar-refractivity contribution is 0.767. The van der Waals surface area contributed by atoms with E-state index in [1.807, 2.05) is 22.6 Å². The van der Waals surface area contributed by atoms with Crippen LogP contribution in [0.2, 0.25) is 0 Å². The third-order valence-corrected chi connectivity index (χ3v) is 3.73. The van der Waals surface area contributed by atoms with E-state index in [1.54, 1.807) is 11.8 Å². The first kappa shape index (κ1) is 12.8. The molecule has 0 radical (unpaired) electrons. The molecule has 1 heterocycles. The van der Waals surface area contributed by atoms with Crippen LogP contribution < -0.4 is 10.9 Å². The summed E-state index contributed by atoms with van der Waals surface area (Å²) in [4.78, 5) is 18.0. The lowest BCUT2D eigenvalue weighted by Gasteiger charge is -2.16. The van der Waals surface area contributed by atoms with Crippen LogP contribution >= 0.6 is 34.4 Å². The second-order valence-electron chi connectivity index (χ2n) is 3.10. The first-order valence-corrected chi connectivity index (χ1v) is 7.15. The van der Waals surface area contributed by atoms with Crippen LogP contribution in [0, 0.1) is 3.57 Å². The highest BCUT2D eigenvalue weighted by atomic mass is 127. The summed E-state index contributed by atoms with van der Waals surface area (Å²) < 4.78 is 0.620. The molecule has 0 spiro atoms. The number of hydrogen-bond acceptors (Lipinski definition) is 4. The molecule has 4 nitrogen and oxygen atoms in total. The van der Waals surface area contributed by atoms with Gasteiger partial charge in [-0.15, -0.1) is 0 Å². The Hall–Kier alpha value is -0.240. The fraction of sp³-hybridized carbons (Fsp3) is 0.556. The molecule has 0 fully saturated rings. The molecule has 15 heavy (non-hydrogen) atoms. The van der Waals surface area contributed by atoms with Crippen LogP contribution in [0.1, 0.15) is 13.3 Å². The summed E-state index contributed by atoms with van der Waals surface area (Å²) in [6, 6.07) is 0.364. The van der Waals surface area contributed by atoms with E-state index in [0.29, 0.717) is 15.4 Å². The monoisotopic (exact) mass is 339 g/mol. The van der Waals surface area contributed by atoms with Gasteiger partial charge in [0.25, 0.3) is 5.56 Å². The van der Waals surface area contributed by atoms with Crippen molar-refractivity contribution >= 4 is 40.2 Å². The number of aromatic nitrogens is 2. The van der Waals surface area contributed by atoms with E-state index in [2.05, 4.69) is 28.5 Å². The van der Waals surface area contributed by atoms with Crippen molar-refractivity contribution in [2.75, 3.05) is 17.3 Å². The second kappa shape index (κ2) is 6.37. The third-order valence-electron chi connectivity index (χ3n) is 2.00. The zero-order valence-corrected chi connectivity index (χ0v) is 11.7. The fourth-order valence-electron chi connectivity index (χ4n) is 1.14. The molecule has 6 heteroatoms. The predicted octanol–water partition coefficient (Wildman–Crippen LogP) is 1.93. The standard InChI is InChI=1S/C9H14IN3OS/c1-3-6(4-15-2)13-8-7(10)9(14)12-5-11-8/h5-6H,3-4H2,1-2H3,(H2,11,12,13,14). The van der Waals surface area contributed by atoms with E-state index < -0.39 is 0 Å². The molecule has 1 atom stereocenters. The van der Waals surface area contributed by atoms with Gasteiger partial charge in [0.1, 0.15) is 9.39 Å². The minimum Gasteiger partial charge on any atom is -0.365 e. The van der Waals surface area contributed by atoms with E-state index in [1.165, 1.54) is 6.33 Å². The van der Waals surface area contributed by atoms with E-state index >= 15 is 0 Å². The van der Waals surface area contributed by atoms with Gasteiger partial charge in [-0.2, -0.15) is 11.8 Å². The molecule has 84 valence electrons. The summed E-state index contributed by atoms with van der Waals surface area (Å²) in [6.07, 6.45) is 4.52. The van der Waals surface area contributed by atoms with Gasteiger partial charge < -0.3 is 10.3 Å². The summed E-state index contributed by atoms with van der Waals surface area (Å²) in [5, 5.41) is 3.28. The quantitative estimate of drug-likeness (QED) is 0.805. The summed E-state index contributed by atoms with van der Waals surface area (Å²) in [5.41, 5.74) is -0.0906. The molecular weight excluding hydrogens is 325 g/mol. The van der Waals surface area contributed by atoms with Crippen LogP contribution in [-0.4, -0.2) is 28.0 Å². The number of halogens is 1. The summed E-state index contributed by atoms with van der Waals surface area (Å²) >= 11 is 3.79. The number of H-pyrrole nitrogens is 1. The van der Waals surface area contributed by atoms with Crippen molar-refractivity contribution in [3.63, 3.8) is 0 Å². The van der Waals surface area contributed by atoms with E-state index in [9.17, 15) is 4.79 Å². The third kappa shape index (κ3) is 3.67. The molecule has 0 aromatic carbocycles. The second-order valence-corrected chi connectivity index (χ2v) is 5.09. The van der Waals surface area contributed by atoms with Crippen molar-refractivity contribution in [2.45, 2.75) is 19.4 Å². The number of rotatable bonds is 5. The van der Waals surface area contributed by atoms with Crippen LogP contribution in [0.4, 0.5) is 5.82 Å². The minimum absolute atomic E-state index is 0.0906. The van der Waals surface area contributed by atoms with Gasteiger partial charge >= 0.3 is 0 Å². The first-order chi connectivity index (χ1) is 7.19. The average molecular weight is 339 g/mol. The van der Waals surface area contributed by atoms with Gasteiger partial charge in [0, 0.05) is 11.8 Å². The molecule has 1 aromatic heterocycles. The Balaban J connectivity index is 2.79. The van der Waals surface area contributed by atoms with Crippen LogP contribution in [-0.2, 0) is 0 Å². The van der Waals surface area contributed by atoms with Crippen molar-refractivity contribution in [3.05, 3.63) is 20.3 Å². The molecule has 2 N–H and O–H groups in total. The lowest BCUT2D eigenvalue weighted by Crippen LogP contribution is -2.24. The molecule has 0 bridgehead atoms. The van der Waals surface area contributed by atoms with E-state index in [0.717, 1.165) is 12.2 Å². The van der Waals surface area contributed by atoms with E-state index in [-0.39, 0.29) is 5.56 Å². The smallest absolute Gasteiger partial charge is 0.266 e. The summed E-state index contributed by atoms with van der Waals surface area (Å²) in [6.45, 7) is 2.12. The van der Waals surface area contributed by atoms with Crippen molar-refractivity contribution < 1.29 is 0 Å². The van der Waals surface area contributed by atoms with Gasteiger partial charge in [-0.05, 0) is 35.3 Å².